The van der Waals surface area contributed by atoms with Gasteiger partial charge in [0.2, 0.25) is 0 Å². The minimum absolute atomic E-state index is 0.0628. The molecule has 0 aliphatic rings. The molecular weight excluding hydrogens is 243 g/mol. The Labute approximate surface area is 112 Å². The Bertz CT molecular complexity index is 570. The average molecular weight is 260 g/mol. The summed E-state index contributed by atoms with van der Waals surface area (Å²) in [7, 11) is 0. The van der Waals surface area contributed by atoms with Gasteiger partial charge < -0.3 is 15.8 Å². The van der Waals surface area contributed by atoms with Crippen molar-refractivity contribution in [3.63, 3.8) is 0 Å². The minimum Gasteiger partial charge on any atom is -0.489 e. The van der Waals surface area contributed by atoms with Gasteiger partial charge in [0.05, 0.1) is 23.2 Å². The third kappa shape index (κ3) is 3.16. The van der Waals surface area contributed by atoms with Crippen molar-refractivity contribution in [3.05, 3.63) is 48.3 Å². The molecule has 100 valence electrons. The number of nitrogens with two attached hydrogens (primary N) is 1. The summed E-state index contributed by atoms with van der Waals surface area (Å²) in [5.74, 6) is 0.272. The lowest BCUT2D eigenvalue weighted by atomic mass is 10.2. The molecule has 0 radical (unpaired) electrons. The van der Waals surface area contributed by atoms with Gasteiger partial charge in [-0.15, -0.1) is 0 Å². The van der Waals surface area contributed by atoms with Crippen LogP contribution in [0, 0.1) is 5.82 Å². The first-order valence-electron chi connectivity index (χ1n) is 6.14. The Balaban J connectivity index is 2.30. The SMILES string of the molecule is CC(C)Oc1ccccc1Nc1cccc(F)c1N. The highest BCUT2D eigenvalue weighted by molar-refractivity contribution is 5.75. The lowest BCUT2D eigenvalue weighted by Gasteiger charge is -2.16. The summed E-state index contributed by atoms with van der Waals surface area (Å²) in [5.41, 5.74) is 7.09. The van der Waals surface area contributed by atoms with Crippen molar-refractivity contribution in [2.75, 3.05) is 11.1 Å². The summed E-state index contributed by atoms with van der Waals surface area (Å²) in [5, 5.41) is 3.10. The van der Waals surface area contributed by atoms with E-state index in [0.29, 0.717) is 11.4 Å². The molecule has 3 N–H and O–H groups in total. The van der Waals surface area contributed by atoms with Gasteiger partial charge in [-0.1, -0.05) is 18.2 Å². The molecule has 3 nitrogen and oxygen atoms in total. The molecule has 0 spiro atoms. The van der Waals surface area contributed by atoms with Gasteiger partial charge in [0.25, 0.3) is 0 Å². The number of para-hydroxylation sites is 3. The minimum atomic E-state index is -0.438. The maximum Gasteiger partial charge on any atom is 0.148 e. The van der Waals surface area contributed by atoms with Gasteiger partial charge in [-0.25, -0.2) is 4.39 Å². The molecule has 0 aliphatic carbocycles. The van der Waals surface area contributed by atoms with Crippen LogP contribution in [0.25, 0.3) is 0 Å². The molecule has 0 heterocycles. The van der Waals surface area contributed by atoms with Gasteiger partial charge in [0, 0.05) is 0 Å². The lowest BCUT2D eigenvalue weighted by molar-refractivity contribution is 0.244. The molecule has 0 amide bonds. The van der Waals surface area contributed by atoms with E-state index in [1.54, 1.807) is 12.1 Å². The molecule has 0 saturated carbocycles. The fourth-order valence-corrected chi connectivity index (χ4v) is 1.72. The van der Waals surface area contributed by atoms with Crippen LogP contribution in [0.15, 0.2) is 42.5 Å². The Morgan fingerprint density at radius 2 is 1.74 bits per heavy atom. The number of hydrogen-bond donors (Lipinski definition) is 2. The van der Waals surface area contributed by atoms with Crippen molar-refractivity contribution in [3.8, 4) is 5.75 Å². The van der Waals surface area contributed by atoms with Gasteiger partial charge in [-0.2, -0.15) is 0 Å². The number of nitrogens with one attached hydrogen (secondary N) is 1. The predicted octanol–water partition coefficient (Wildman–Crippen LogP) is 3.94. The Morgan fingerprint density at radius 1 is 1.05 bits per heavy atom. The van der Waals surface area contributed by atoms with Gasteiger partial charge in [0.15, 0.2) is 0 Å². The zero-order valence-electron chi connectivity index (χ0n) is 11.0. The summed E-state index contributed by atoms with van der Waals surface area (Å²) >= 11 is 0. The molecule has 19 heavy (non-hydrogen) atoms. The molecule has 0 atom stereocenters. The lowest BCUT2D eigenvalue weighted by Crippen LogP contribution is -2.07. The normalized spacial score (nSPS) is 10.5. The second-order valence-electron chi connectivity index (χ2n) is 4.49. The highest BCUT2D eigenvalue weighted by atomic mass is 19.1. The summed E-state index contributed by atoms with van der Waals surface area (Å²) in [6, 6.07) is 12.2. The monoisotopic (exact) mass is 260 g/mol. The van der Waals surface area contributed by atoms with E-state index in [0.717, 1.165) is 5.69 Å². The first kappa shape index (κ1) is 13.2. The standard InChI is InChI=1S/C15H17FN2O/c1-10(2)19-14-9-4-3-7-12(14)18-13-8-5-6-11(16)15(13)17/h3-10,18H,17H2,1-2H3. The molecule has 0 saturated heterocycles. The largest absolute Gasteiger partial charge is 0.489 e. The van der Waals surface area contributed by atoms with E-state index in [1.807, 2.05) is 38.1 Å². The number of hydrogen-bond acceptors (Lipinski definition) is 3. The fraction of sp³-hybridized carbons (Fsp3) is 0.200. The second-order valence-corrected chi connectivity index (χ2v) is 4.49. The molecule has 0 aromatic heterocycles. The van der Waals surface area contributed by atoms with Crippen LogP contribution >= 0.6 is 0 Å². The number of ether oxygens (including phenoxy) is 1. The summed E-state index contributed by atoms with van der Waals surface area (Å²) in [4.78, 5) is 0. The molecule has 0 fully saturated rings. The Morgan fingerprint density at radius 3 is 2.47 bits per heavy atom. The van der Waals surface area contributed by atoms with Crippen LogP contribution in [0.3, 0.4) is 0 Å². The van der Waals surface area contributed by atoms with Crippen LogP contribution in [0.2, 0.25) is 0 Å². The van der Waals surface area contributed by atoms with Crippen LogP contribution in [0.5, 0.6) is 5.75 Å². The third-order valence-corrected chi connectivity index (χ3v) is 2.57. The van der Waals surface area contributed by atoms with E-state index in [-0.39, 0.29) is 11.8 Å². The van der Waals surface area contributed by atoms with Gasteiger partial charge in [0.1, 0.15) is 11.6 Å². The molecular formula is C15H17FN2O. The topological polar surface area (TPSA) is 47.3 Å². The summed E-state index contributed by atoms with van der Waals surface area (Å²) in [6.07, 6.45) is 0.0628. The summed E-state index contributed by atoms with van der Waals surface area (Å²) in [6.45, 7) is 3.90. The molecule has 0 unspecified atom stereocenters. The van der Waals surface area contributed by atoms with Crippen LogP contribution in [-0.4, -0.2) is 6.10 Å². The zero-order valence-corrected chi connectivity index (χ0v) is 11.0. The number of rotatable bonds is 4. The molecule has 2 rings (SSSR count). The molecule has 2 aromatic rings. The van der Waals surface area contributed by atoms with E-state index in [9.17, 15) is 4.39 Å². The molecule has 0 bridgehead atoms. The first-order valence-corrected chi connectivity index (χ1v) is 6.14. The first-order chi connectivity index (χ1) is 9.08. The van der Waals surface area contributed by atoms with Crippen LogP contribution < -0.4 is 15.8 Å². The van der Waals surface area contributed by atoms with E-state index in [1.165, 1.54) is 6.07 Å². The maximum absolute atomic E-state index is 13.4. The van der Waals surface area contributed by atoms with Crippen LogP contribution in [0.4, 0.5) is 21.5 Å². The predicted molar refractivity (Wildman–Crippen MR) is 76.3 cm³/mol. The van der Waals surface area contributed by atoms with Crippen molar-refractivity contribution < 1.29 is 9.13 Å². The third-order valence-electron chi connectivity index (χ3n) is 2.57. The van der Waals surface area contributed by atoms with Gasteiger partial charge in [-0.3, -0.25) is 0 Å². The molecule has 0 aliphatic heterocycles. The second kappa shape index (κ2) is 5.61. The van der Waals surface area contributed by atoms with Crippen molar-refractivity contribution >= 4 is 17.1 Å². The quantitative estimate of drug-likeness (QED) is 0.818. The van der Waals surface area contributed by atoms with Crippen molar-refractivity contribution in [2.24, 2.45) is 0 Å². The van der Waals surface area contributed by atoms with Gasteiger partial charge in [-0.05, 0) is 38.1 Å². The smallest absolute Gasteiger partial charge is 0.148 e. The number of anilines is 3. The maximum atomic E-state index is 13.4. The van der Waals surface area contributed by atoms with E-state index >= 15 is 0 Å². The summed E-state index contributed by atoms with van der Waals surface area (Å²) < 4.78 is 19.1. The van der Waals surface area contributed by atoms with Crippen molar-refractivity contribution in [1.82, 2.24) is 0 Å². The highest BCUT2D eigenvalue weighted by Crippen LogP contribution is 2.31. The van der Waals surface area contributed by atoms with Crippen molar-refractivity contribution in [1.29, 1.82) is 0 Å². The van der Waals surface area contributed by atoms with E-state index < -0.39 is 5.82 Å². The Kier molecular flexibility index (Phi) is 3.90. The number of nitrogen functional groups attached to an aromatic ring is 1. The highest BCUT2D eigenvalue weighted by Gasteiger charge is 2.08. The molecule has 4 heteroatoms. The fourth-order valence-electron chi connectivity index (χ4n) is 1.72. The van der Waals surface area contributed by atoms with Crippen LogP contribution in [-0.2, 0) is 0 Å². The number of benzene rings is 2. The average Bonchev–Trinajstić information content (AvgIpc) is 2.36. The Hall–Kier alpha value is -2.23. The number of halogens is 1. The van der Waals surface area contributed by atoms with Crippen molar-refractivity contribution in [2.45, 2.75) is 20.0 Å². The molecule has 2 aromatic carbocycles. The van der Waals surface area contributed by atoms with E-state index in [2.05, 4.69) is 5.32 Å². The van der Waals surface area contributed by atoms with Gasteiger partial charge >= 0.3 is 0 Å². The van der Waals surface area contributed by atoms with E-state index in [4.69, 9.17) is 10.5 Å². The zero-order chi connectivity index (χ0) is 13.8. The van der Waals surface area contributed by atoms with Crippen LogP contribution in [0.1, 0.15) is 13.8 Å².